The predicted octanol–water partition coefficient (Wildman–Crippen LogP) is 3.46. The molecular formula is C15H14ClNO2S. The van der Waals surface area contributed by atoms with Crippen molar-refractivity contribution in [1.29, 1.82) is 0 Å². The largest absolute Gasteiger partial charge is 0.352 e. The maximum absolute atomic E-state index is 11.8. The van der Waals surface area contributed by atoms with Gasteiger partial charge in [-0.1, -0.05) is 23.7 Å². The maximum Gasteiger partial charge on any atom is 0.224 e. The smallest absolute Gasteiger partial charge is 0.224 e. The molecule has 1 aromatic carbocycles. The molecule has 0 unspecified atom stereocenters. The highest BCUT2D eigenvalue weighted by Gasteiger charge is 2.08. The van der Waals surface area contributed by atoms with Crippen LogP contribution < -0.4 is 5.32 Å². The molecule has 2 rings (SSSR count). The molecule has 1 aromatic heterocycles. The fraction of sp³-hybridized carbons (Fsp3) is 0.200. The fourth-order valence-corrected chi connectivity index (χ4v) is 2.64. The number of benzene rings is 1. The minimum atomic E-state index is -0.0622. The van der Waals surface area contributed by atoms with E-state index in [1.54, 1.807) is 18.2 Å². The molecule has 3 nitrogen and oxygen atoms in total. The molecule has 0 aliphatic carbocycles. The van der Waals surface area contributed by atoms with E-state index in [4.69, 9.17) is 11.6 Å². The van der Waals surface area contributed by atoms with Crippen molar-refractivity contribution in [2.24, 2.45) is 0 Å². The zero-order chi connectivity index (χ0) is 14.5. The molecule has 2 aromatic rings. The van der Waals surface area contributed by atoms with Gasteiger partial charge in [0.2, 0.25) is 5.91 Å². The number of amides is 1. The molecule has 104 valence electrons. The second-order valence-corrected chi connectivity index (χ2v) is 5.80. The van der Waals surface area contributed by atoms with E-state index >= 15 is 0 Å². The van der Waals surface area contributed by atoms with Gasteiger partial charge in [-0.15, -0.1) is 11.3 Å². The number of rotatable bonds is 5. The molecule has 20 heavy (non-hydrogen) atoms. The number of nitrogens with one attached hydrogen (secondary N) is 1. The summed E-state index contributed by atoms with van der Waals surface area (Å²) < 4.78 is 0. The minimum Gasteiger partial charge on any atom is -0.352 e. The van der Waals surface area contributed by atoms with Gasteiger partial charge in [0.25, 0.3) is 0 Å². The predicted molar refractivity (Wildman–Crippen MR) is 81.3 cm³/mol. The average Bonchev–Trinajstić information content (AvgIpc) is 2.87. The number of ketones is 1. The second kappa shape index (κ2) is 6.68. The van der Waals surface area contributed by atoms with Gasteiger partial charge in [0.05, 0.1) is 11.3 Å². The van der Waals surface area contributed by atoms with Crippen LogP contribution in [0.15, 0.2) is 35.7 Å². The highest BCUT2D eigenvalue weighted by molar-refractivity contribution is 7.12. The first-order valence-corrected chi connectivity index (χ1v) is 7.40. The van der Waals surface area contributed by atoms with Crippen molar-refractivity contribution in [3.63, 3.8) is 0 Å². The Labute approximate surface area is 126 Å². The Morgan fingerprint density at radius 1 is 1.20 bits per heavy atom. The fourth-order valence-electron chi connectivity index (χ4n) is 1.70. The molecule has 0 atom stereocenters. The zero-order valence-corrected chi connectivity index (χ0v) is 12.6. The van der Waals surface area contributed by atoms with E-state index in [9.17, 15) is 9.59 Å². The van der Waals surface area contributed by atoms with Gasteiger partial charge in [-0.05, 0) is 41.6 Å². The van der Waals surface area contributed by atoms with Crippen LogP contribution in [0.1, 0.15) is 27.7 Å². The summed E-state index contributed by atoms with van der Waals surface area (Å²) in [6.45, 7) is 2.00. The molecule has 0 aliphatic heterocycles. The SMILES string of the molecule is CC(=O)c1cc(CC(=O)NCc2ccc(Cl)cc2)cs1. The van der Waals surface area contributed by atoms with Gasteiger partial charge >= 0.3 is 0 Å². The van der Waals surface area contributed by atoms with Crippen LogP contribution in [0.5, 0.6) is 0 Å². The molecule has 0 bridgehead atoms. The van der Waals surface area contributed by atoms with Gasteiger partial charge in [0.1, 0.15) is 0 Å². The Balaban J connectivity index is 1.85. The van der Waals surface area contributed by atoms with E-state index in [1.165, 1.54) is 18.3 Å². The Hall–Kier alpha value is -1.65. The summed E-state index contributed by atoms with van der Waals surface area (Å²) in [5.41, 5.74) is 1.87. The summed E-state index contributed by atoms with van der Waals surface area (Å²) >= 11 is 7.17. The lowest BCUT2D eigenvalue weighted by Crippen LogP contribution is -2.24. The van der Waals surface area contributed by atoms with Crippen molar-refractivity contribution in [3.8, 4) is 0 Å². The number of halogens is 1. The maximum atomic E-state index is 11.8. The van der Waals surface area contributed by atoms with Gasteiger partial charge in [0.15, 0.2) is 5.78 Å². The summed E-state index contributed by atoms with van der Waals surface area (Å²) in [7, 11) is 0. The summed E-state index contributed by atoms with van der Waals surface area (Å²) in [5, 5.41) is 5.36. The van der Waals surface area contributed by atoms with E-state index in [0.29, 0.717) is 16.4 Å². The number of carbonyl (C=O) groups excluding carboxylic acids is 2. The van der Waals surface area contributed by atoms with Crippen molar-refractivity contribution in [3.05, 3.63) is 56.7 Å². The summed E-state index contributed by atoms with van der Waals surface area (Å²) in [4.78, 5) is 23.7. The van der Waals surface area contributed by atoms with Crippen molar-refractivity contribution >= 4 is 34.6 Å². The average molecular weight is 308 g/mol. The van der Waals surface area contributed by atoms with E-state index in [2.05, 4.69) is 5.32 Å². The Morgan fingerprint density at radius 2 is 1.90 bits per heavy atom. The molecule has 0 aliphatic rings. The van der Waals surface area contributed by atoms with E-state index < -0.39 is 0 Å². The van der Waals surface area contributed by atoms with E-state index in [1.807, 2.05) is 17.5 Å². The van der Waals surface area contributed by atoms with Crippen LogP contribution in [0.3, 0.4) is 0 Å². The molecule has 1 N–H and O–H groups in total. The Bertz CT molecular complexity index is 619. The third kappa shape index (κ3) is 4.18. The molecule has 0 spiro atoms. The molecular weight excluding hydrogens is 294 g/mol. The van der Waals surface area contributed by atoms with Crippen molar-refractivity contribution in [1.82, 2.24) is 5.32 Å². The monoisotopic (exact) mass is 307 g/mol. The number of hydrogen-bond acceptors (Lipinski definition) is 3. The summed E-state index contributed by atoms with van der Waals surface area (Å²) in [6.07, 6.45) is 0.289. The normalized spacial score (nSPS) is 10.3. The molecule has 0 saturated carbocycles. The van der Waals surface area contributed by atoms with Crippen LogP contribution in [-0.2, 0) is 17.8 Å². The lowest BCUT2D eigenvalue weighted by atomic mass is 10.2. The van der Waals surface area contributed by atoms with E-state index in [0.717, 1.165) is 11.1 Å². The number of carbonyl (C=O) groups is 2. The third-order valence-electron chi connectivity index (χ3n) is 2.77. The molecule has 0 saturated heterocycles. The quantitative estimate of drug-likeness (QED) is 0.860. The van der Waals surface area contributed by atoms with Gasteiger partial charge in [-0.25, -0.2) is 0 Å². The van der Waals surface area contributed by atoms with Gasteiger partial charge in [0, 0.05) is 11.6 Å². The molecule has 0 fully saturated rings. The standard InChI is InChI=1S/C15H14ClNO2S/c1-10(18)14-6-12(9-20-14)7-15(19)17-8-11-2-4-13(16)5-3-11/h2-6,9H,7-8H2,1H3,(H,17,19). The topological polar surface area (TPSA) is 46.2 Å². The third-order valence-corrected chi connectivity index (χ3v) is 4.10. The Kier molecular flexibility index (Phi) is 4.93. The second-order valence-electron chi connectivity index (χ2n) is 4.46. The lowest BCUT2D eigenvalue weighted by Gasteiger charge is -2.04. The molecule has 0 radical (unpaired) electrons. The van der Waals surface area contributed by atoms with Crippen LogP contribution in [0.25, 0.3) is 0 Å². The first kappa shape index (κ1) is 14.8. The molecule has 1 amide bonds. The highest BCUT2D eigenvalue weighted by atomic mass is 35.5. The minimum absolute atomic E-state index is 0.0304. The first-order valence-electron chi connectivity index (χ1n) is 6.14. The summed E-state index contributed by atoms with van der Waals surface area (Å²) in [6, 6.07) is 9.11. The van der Waals surface area contributed by atoms with Crippen molar-refractivity contribution in [2.75, 3.05) is 0 Å². The molecule has 1 heterocycles. The van der Waals surface area contributed by atoms with Crippen molar-refractivity contribution in [2.45, 2.75) is 19.9 Å². The Morgan fingerprint density at radius 3 is 2.50 bits per heavy atom. The van der Waals surface area contributed by atoms with Crippen molar-refractivity contribution < 1.29 is 9.59 Å². The van der Waals surface area contributed by atoms with Crippen LogP contribution >= 0.6 is 22.9 Å². The van der Waals surface area contributed by atoms with Crippen LogP contribution in [-0.4, -0.2) is 11.7 Å². The number of thiophene rings is 1. The lowest BCUT2D eigenvalue weighted by molar-refractivity contribution is -0.120. The first-order chi connectivity index (χ1) is 9.54. The molecule has 5 heteroatoms. The van der Waals surface area contributed by atoms with Gasteiger partial charge in [-0.3, -0.25) is 9.59 Å². The summed E-state index contributed by atoms with van der Waals surface area (Å²) in [5.74, 6) is -0.0318. The van der Waals surface area contributed by atoms with E-state index in [-0.39, 0.29) is 18.1 Å². The van der Waals surface area contributed by atoms with Crippen LogP contribution in [0.4, 0.5) is 0 Å². The number of hydrogen-bond donors (Lipinski definition) is 1. The van der Waals surface area contributed by atoms with Gasteiger partial charge < -0.3 is 5.32 Å². The number of Topliss-reactive ketones (excluding diaryl/α,β-unsaturated/α-hetero) is 1. The highest BCUT2D eigenvalue weighted by Crippen LogP contribution is 2.15. The zero-order valence-electron chi connectivity index (χ0n) is 11.0. The van der Waals surface area contributed by atoms with Gasteiger partial charge in [-0.2, -0.15) is 0 Å². The van der Waals surface area contributed by atoms with Crippen LogP contribution in [0.2, 0.25) is 5.02 Å². The van der Waals surface area contributed by atoms with Crippen LogP contribution in [0, 0.1) is 0 Å².